The number of hydrogen-bond acceptors (Lipinski definition) is 3. The van der Waals surface area contributed by atoms with E-state index in [-0.39, 0.29) is 0 Å². The fourth-order valence-corrected chi connectivity index (χ4v) is 0.581. The van der Waals surface area contributed by atoms with Crippen molar-refractivity contribution in [3.8, 4) is 0 Å². The second-order valence-electron chi connectivity index (χ2n) is 2.46. The summed E-state index contributed by atoms with van der Waals surface area (Å²) in [5, 5.41) is 0. The molecule has 0 aliphatic rings. The van der Waals surface area contributed by atoms with E-state index in [4.69, 9.17) is 0 Å². The number of hydrogen-bond donors (Lipinski definition) is 0. The minimum absolute atomic E-state index is 0.766. The zero-order valence-corrected chi connectivity index (χ0v) is 8.52. The number of halogens is 3. The Morgan fingerprint density at radius 1 is 0.750 bits per heavy atom. The third-order valence-corrected chi connectivity index (χ3v) is 1.28. The second-order valence-corrected chi connectivity index (χ2v) is 2.46. The molecular formula is C9H12BF3O3. The van der Waals surface area contributed by atoms with Crippen molar-refractivity contribution >= 4 is 7.32 Å². The first-order chi connectivity index (χ1) is 7.53. The van der Waals surface area contributed by atoms with Crippen molar-refractivity contribution in [3.63, 3.8) is 0 Å². The molecule has 0 aliphatic carbocycles. The molecule has 0 radical (unpaired) electrons. The van der Waals surface area contributed by atoms with Crippen LogP contribution in [-0.4, -0.2) is 26.4 Å². The van der Waals surface area contributed by atoms with Gasteiger partial charge >= 0.3 is 7.32 Å². The van der Waals surface area contributed by atoms with Gasteiger partial charge in [-0.3, -0.25) is 0 Å². The molecule has 0 bridgehead atoms. The summed E-state index contributed by atoms with van der Waals surface area (Å²) in [6.45, 7) is 9.22. The molecule has 3 nitrogen and oxygen atoms in total. The van der Waals surface area contributed by atoms with Gasteiger partial charge in [-0.05, 0) is 18.2 Å². The summed E-state index contributed by atoms with van der Waals surface area (Å²) in [5.41, 5.74) is 0. The van der Waals surface area contributed by atoms with Crippen LogP contribution in [0.1, 0.15) is 0 Å². The van der Waals surface area contributed by atoms with Crippen molar-refractivity contribution < 1.29 is 27.1 Å². The molecule has 3 atom stereocenters. The first-order valence-electron chi connectivity index (χ1n) is 4.29. The molecule has 0 aromatic rings. The Morgan fingerprint density at radius 3 is 1.19 bits per heavy atom. The maximum Gasteiger partial charge on any atom is 0.646 e. The van der Waals surface area contributed by atoms with Crippen molar-refractivity contribution in [3.05, 3.63) is 38.0 Å². The van der Waals surface area contributed by atoms with E-state index in [9.17, 15) is 13.2 Å². The molecule has 16 heavy (non-hydrogen) atoms. The average Bonchev–Trinajstić information content (AvgIpc) is 2.28. The topological polar surface area (TPSA) is 27.7 Å². The van der Waals surface area contributed by atoms with Gasteiger partial charge in [-0.2, -0.15) is 0 Å². The van der Waals surface area contributed by atoms with Crippen LogP contribution < -0.4 is 0 Å². The Hall–Kier alpha value is -1.05. The fraction of sp³-hybridized carbons (Fsp3) is 0.333. The standard InChI is InChI=1S/C9H12BF3O3/c1-4-7(11)14-10(15-8(12)5-2)16-9(13)6-3/h4-9H,1-3H2. The summed E-state index contributed by atoms with van der Waals surface area (Å²) in [4.78, 5) is 0. The van der Waals surface area contributed by atoms with Gasteiger partial charge in [-0.1, -0.05) is 19.7 Å². The molecule has 7 heteroatoms. The maximum atomic E-state index is 12.7. The fourth-order valence-electron chi connectivity index (χ4n) is 0.581. The van der Waals surface area contributed by atoms with Gasteiger partial charge in [-0.25, -0.2) is 13.2 Å². The first kappa shape index (κ1) is 15.0. The molecule has 0 heterocycles. The number of rotatable bonds is 9. The van der Waals surface area contributed by atoms with E-state index in [2.05, 4.69) is 33.7 Å². The average molecular weight is 236 g/mol. The van der Waals surface area contributed by atoms with Crippen molar-refractivity contribution in [2.24, 2.45) is 0 Å². The Bertz CT molecular complexity index is 202. The van der Waals surface area contributed by atoms with Crippen LogP contribution in [0.2, 0.25) is 0 Å². The molecule has 0 amide bonds. The molecule has 3 unspecified atom stereocenters. The van der Waals surface area contributed by atoms with E-state index in [1.807, 2.05) is 0 Å². The van der Waals surface area contributed by atoms with Crippen molar-refractivity contribution in [2.45, 2.75) is 19.1 Å². The minimum Gasteiger partial charge on any atom is -0.352 e. The van der Waals surface area contributed by atoms with Gasteiger partial charge in [0.05, 0.1) is 0 Å². The van der Waals surface area contributed by atoms with Gasteiger partial charge in [0, 0.05) is 0 Å². The van der Waals surface area contributed by atoms with Crippen LogP contribution in [0.25, 0.3) is 0 Å². The lowest BCUT2D eigenvalue weighted by atomic mass is 10.2. The highest BCUT2D eigenvalue weighted by molar-refractivity contribution is 6.36. The van der Waals surface area contributed by atoms with E-state index >= 15 is 0 Å². The summed E-state index contributed by atoms with van der Waals surface area (Å²) in [5.74, 6) is 0. The van der Waals surface area contributed by atoms with E-state index < -0.39 is 26.4 Å². The van der Waals surface area contributed by atoms with Crippen LogP contribution in [0, 0.1) is 0 Å². The van der Waals surface area contributed by atoms with Crippen LogP contribution in [0.15, 0.2) is 38.0 Å². The van der Waals surface area contributed by atoms with E-state index in [1.165, 1.54) is 0 Å². The minimum atomic E-state index is -1.97. The zero-order chi connectivity index (χ0) is 12.6. The van der Waals surface area contributed by atoms with Gasteiger partial charge in [-0.15, -0.1) is 0 Å². The summed E-state index contributed by atoms with van der Waals surface area (Å²) < 4.78 is 51.1. The summed E-state index contributed by atoms with van der Waals surface area (Å²) in [6.07, 6.45) is -3.62. The molecule has 0 aliphatic heterocycles. The highest BCUT2D eigenvalue weighted by Crippen LogP contribution is 2.09. The Kier molecular flexibility index (Phi) is 7.62. The highest BCUT2D eigenvalue weighted by atomic mass is 19.2. The van der Waals surface area contributed by atoms with Gasteiger partial charge < -0.3 is 14.0 Å². The Balaban J connectivity index is 4.30. The summed E-state index contributed by atoms with van der Waals surface area (Å²) in [6, 6.07) is 0. The Morgan fingerprint density at radius 2 is 1.00 bits per heavy atom. The predicted molar refractivity (Wildman–Crippen MR) is 54.3 cm³/mol. The van der Waals surface area contributed by atoms with E-state index in [0.29, 0.717) is 0 Å². The lowest BCUT2D eigenvalue weighted by Crippen LogP contribution is -2.34. The van der Waals surface area contributed by atoms with Gasteiger partial charge in [0.2, 0.25) is 19.1 Å². The summed E-state index contributed by atoms with van der Waals surface area (Å²) >= 11 is 0. The molecule has 0 rings (SSSR count). The lowest BCUT2D eigenvalue weighted by molar-refractivity contribution is -0.0463. The van der Waals surface area contributed by atoms with Crippen LogP contribution in [0.3, 0.4) is 0 Å². The highest BCUT2D eigenvalue weighted by Gasteiger charge is 2.30. The predicted octanol–water partition coefficient (Wildman–Crippen LogP) is 2.47. The molecule has 0 spiro atoms. The first-order valence-corrected chi connectivity index (χ1v) is 4.29. The third kappa shape index (κ3) is 6.44. The largest absolute Gasteiger partial charge is 0.646 e. The van der Waals surface area contributed by atoms with Crippen molar-refractivity contribution in [2.75, 3.05) is 0 Å². The van der Waals surface area contributed by atoms with Gasteiger partial charge in [0.1, 0.15) is 0 Å². The van der Waals surface area contributed by atoms with Crippen LogP contribution >= 0.6 is 0 Å². The molecule has 0 fully saturated rings. The van der Waals surface area contributed by atoms with Crippen LogP contribution in [-0.2, 0) is 14.0 Å². The van der Waals surface area contributed by atoms with E-state index in [0.717, 1.165) is 18.2 Å². The Labute approximate surface area is 92.4 Å². The second kappa shape index (κ2) is 8.15. The quantitative estimate of drug-likeness (QED) is 0.454. The van der Waals surface area contributed by atoms with E-state index in [1.54, 1.807) is 0 Å². The molecule has 0 aromatic heterocycles. The van der Waals surface area contributed by atoms with Gasteiger partial charge in [0.15, 0.2) is 0 Å². The smallest absolute Gasteiger partial charge is 0.352 e. The SMILES string of the molecule is C=CC(F)OB(OC(F)C=C)OC(F)C=C. The third-order valence-electron chi connectivity index (χ3n) is 1.28. The van der Waals surface area contributed by atoms with Crippen LogP contribution in [0.4, 0.5) is 13.2 Å². The van der Waals surface area contributed by atoms with Gasteiger partial charge in [0.25, 0.3) is 0 Å². The molecule has 0 saturated heterocycles. The number of alkyl halides is 3. The molecule has 90 valence electrons. The summed E-state index contributed by atoms with van der Waals surface area (Å²) in [7, 11) is -1.87. The molecule has 0 aromatic carbocycles. The molecule has 0 N–H and O–H groups in total. The monoisotopic (exact) mass is 236 g/mol. The molecular weight excluding hydrogens is 224 g/mol. The lowest BCUT2D eigenvalue weighted by Gasteiger charge is -2.17. The van der Waals surface area contributed by atoms with Crippen molar-refractivity contribution in [1.29, 1.82) is 0 Å². The molecule has 0 saturated carbocycles. The normalized spacial score (nSPS) is 15.9. The maximum absolute atomic E-state index is 12.7. The zero-order valence-electron chi connectivity index (χ0n) is 8.52. The van der Waals surface area contributed by atoms with Crippen LogP contribution in [0.5, 0.6) is 0 Å². The van der Waals surface area contributed by atoms with Crippen molar-refractivity contribution in [1.82, 2.24) is 0 Å².